The number of esters is 1. The molecule has 0 unspecified atom stereocenters. The quantitative estimate of drug-likeness (QED) is 0.483. The minimum atomic E-state index is -0.491. The van der Waals surface area contributed by atoms with Crippen LogP contribution in [-0.4, -0.2) is 11.0 Å². The molecule has 6 heteroatoms. The van der Waals surface area contributed by atoms with E-state index in [0.717, 1.165) is 19.8 Å². The van der Waals surface area contributed by atoms with Crippen LogP contribution in [-0.2, 0) is 0 Å². The Kier molecular flexibility index (Phi) is 3.73. The number of hydrogen-bond acceptors (Lipinski definition) is 3. The van der Waals surface area contributed by atoms with Crippen LogP contribution < -0.4 is 10.5 Å². The van der Waals surface area contributed by atoms with Crippen molar-refractivity contribution in [3.05, 3.63) is 57.1 Å². The number of fused-ring (bicyclic) bond motifs is 1. The standard InChI is InChI=1S/C15H10Br2N2O2/c16-8-1-3-12(18)10(5-8)15(20)21-14-7-19-13-4-2-9(17)6-11(13)14/h1-7,19H,18H2. The van der Waals surface area contributed by atoms with E-state index in [4.69, 9.17) is 10.5 Å². The first-order valence-electron chi connectivity index (χ1n) is 6.08. The fraction of sp³-hybridized carbons (Fsp3) is 0. The Labute approximate surface area is 137 Å². The number of anilines is 1. The van der Waals surface area contributed by atoms with Crippen molar-refractivity contribution in [2.24, 2.45) is 0 Å². The lowest BCUT2D eigenvalue weighted by atomic mass is 10.2. The lowest BCUT2D eigenvalue weighted by Gasteiger charge is -2.06. The first-order valence-corrected chi connectivity index (χ1v) is 7.67. The molecule has 3 N–H and O–H groups in total. The molecule has 4 nitrogen and oxygen atoms in total. The molecule has 0 saturated carbocycles. The van der Waals surface area contributed by atoms with Gasteiger partial charge in [0.2, 0.25) is 0 Å². The number of aromatic nitrogens is 1. The molecule has 1 aromatic heterocycles. The van der Waals surface area contributed by atoms with Gasteiger partial charge in [0.25, 0.3) is 0 Å². The number of H-pyrrole nitrogens is 1. The van der Waals surface area contributed by atoms with Gasteiger partial charge in [0, 0.05) is 31.7 Å². The number of aromatic amines is 1. The van der Waals surface area contributed by atoms with Crippen molar-refractivity contribution in [3.8, 4) is 5.75 Å². The van der Waals surface area contributed by atoms with Gasteiger partial charge >= 0.3 is 5.97 Å². The third kappa shape index (κ3) is 2.82. The molecule has 0 amide bonds. The molecule has 0 atom stereocenters. The summed E-state index contributed by atoms with van der Waals surface area (Å²) in [6, 6.07) is 10.8. The van der Waals surface area contributed by atoms with Gasteiger partial charge in [0.1, 0.15) is 0 Å². The second-order valence-electron chi connectivity index (χ2n) is 4.46. The van der Waals surface area contributed by atoms with Crippen LogP contribution in [0.4, 0.5) is 5.69 Å². The van der Waals surface area contributed by atoms with Gasteiger partial charge in [-0.2, -0.15) is 0 Å². The summed E-state index contributed by atoms with van der Waals surface area (Å²) in [4.78, 5) is 15.3. The maximum Gasteiger partial charge on any atom is 0.345 e. The van der Waals surface area contributed by atoms with E-state index in [2.05, 4.69) is 36.8 Å². The van der Waals surface area contributed by atoms with E-state index in [1.54, 1.807) is 24.4 Å². The van der Waals surface area contributed by atoms with Crippen LogP contribution in [0.3, 0.4) is 0 Å². The summed E-state index contributed by atoms with van der Waals surface area (Å²) in [7, 11) is 0. The smallest absolute Gasteiger partial charge is 0.345 e. The summed E-state index contributed by atoms with van der Waals surface area (Å²) >= 11 is 6.72. The number of nitrogen functional groups attached to an aromatic ring is 1. The Hall–Kier alpha value is -1.79. The van der Waals surface area contributed by atoms with Crippen molar-refractivity contribution < 1.29 is 9.53 Å². The van der Waals surface area contributed by atoms with E-state index in [0.29, 0.717) is 17.0 Å². The SMILES string of the molecule is Nc1ccc(Br)cc1C(=O)Oc1c[nH]c2ccc(Br)cc12. The van der Waals surface area contributed by atoms with Crippen LogP contribution >= 0.6 is 31.9 Å². The van der Waals surface area contributed by atoms with Crippen molar-refractivity contribution in [3.63, 3.8) is 0 Å². The zero-order valence-electron chi connectivity index (χ0n) is 10.7. The second-order valence-corrected chi connectivity index (χ2v) is 6.30. The normalized spacial score (nSPS) is 10.8. The van der Waals surface area contributed by atoms with Crippen LogP contribution in [0.15, 0.2) is 51.5 Å². The fourth-order valence-electron chi connectivity index (χ4n) is 2.01. The lowest BCUT2D eigenvalue weighted by molar-refractivity contribution is 0.0738. The van der Waals surface area contributed by atoms with Crippen LogP contribution in [0.25, 0.3) is 10.9 Å². The topological polar surface area (TPSA) is 68.1 Å². The Balaban J connectivity index is 1.96. The minimum Gasteiger partial charge on any atom is -0.421 e. The number of benzene rings is 2. The van der Waals surface area contributed by atoms with E-state index in [1.807, 2.05) is 18.2 Å². The number of ether oxygens (including phenoxy) is 1. The van der Waals surface area contributed by atoms with E-state index >= 15 is 0 Å². The van der Waals surface area contributed by atoms with E-state index in [1.165, 1.54) is 0 Å². The second kappa shape index (κ2) is 5.54. The molecule has 21 heavy (non-hydrogen) atoms. The predicted molar refractivity (Wildman–Crippen MR) is 89.5 cm³/mol. The highest BCUT2D eigenvalue weighted by Gasteiger charge is 2.15. The molecular weight excluding hydrogens is 400 g/mol. The predicted octanol–water partition coefficient (Wildman–Crippen LogP) is 4.49. The number of rotatable bonds is 2. The first kappa shape index (κ1) is 14.2. The number of hydrogen-bond donors (Lipinski definition) is 2. The van der Waals surface area contributed by atoms with Crippen LogP contribution in [0.5, 0.6) is 5.75 Å². The number of carbonyl (C=O) groups is 1. The number of halogens is 2. The summed E-state index contributed by atoms with van der Waals surface area (Å²) in [5.74, 6) is -0.0228. The molecule has 0 saturated heterocycles. The highest BCUT2D eigenvalue weighted by Crippen LogP contribution is 2.29. The van der Waals surface area contributed by atoms with E-state index in [-0.39, 0.29) is 0 Å². The van der Waals surface area contributed by atoms with Crippen molar-refractivity contribution in [2.75, 3.05) is 5.73 Å². The monoisotopic (exact) mass is 408 g/mol. The highest BCUT2D eigenvalue weighted by molar-refractivity contribution is 9.10. The first-order chi connectivity index (χ1) is 10.0. The molecule has 0 aliphatic heterocycles. The van der Waals surface area contributed by atoms with Crippen LogP contribution in [0.2, 0.25) is 0 Å². The average Bonchev–Trinajstić information content (AvgIpc) is 2.84. The average molecular weight is 410 g/mol. The largest absolute Gasteiger partial charge is 0.421 e. The molecular formula is C15H10Br2N2O2. The molecule has 1 heterocycles. The molecule has 0 fully saturated rings. The number of nitrogens with two attached hydrogens (primary N) is 1. The third-order valence-electron chi connectivity index (χ3n) is 3.04. The van der Waals surface area contributed by atoms with Crippen LogP contribution in [0.1, 0.15) is 10.4 Å². The van der Waals surface area contributed by atoms with Crippen molar-refractivity contribution in [1.82, 2.24) is 4.98 Å². The molecule has 0 aliphatic carbocycles. The summed E-state index contributed by atoms with van der Waals surface area (Å²) in [6.45, 7) is 0. The van der Waals surface area contributed by atoms with Gasteiger partial charge in [-0.15, -0.1) is 0 Å². The third-order valence-corrected chi connectivity index (χ3v) is 4.03. The Morgan fingerprint density at radius 1 is 1.10 bits per heavy atom. The molecule has 0 radical (unpaired) electrons. The molecule has 3 aromatic rings. The Morgan fingerprint density at radius 2 is 1.81 bits per heavy atom. The van der Waals surface area contributed by atoms with Crippen LogP contribution in [0, 0.1) is 0 Å². The van der Waals surface area contributed by atoms with Gasteiger partial charge in [0.05, 0.1) is 5.56 Å². The summed E-state index contributed by atoms with van der Waals surface area (Å²) in [6.07, 6.45) is 1.66. The zero-order valence-corrected chi connectivity index (χ0v) is 13.9. The van der Waals surface area contributed by atoms with Gasteiger partial charge in [-0.1, -0.05) is 31.9 Å². The van der Waals surface area contributed by atoms with E-state index < -0.39 is 5.97 Å². The molecule has 2 aromatic carbocycles. The lowest BCUT2D eigenvalue weighted by Crippen LogP contribution is -2.11. The van der Waals surface area contributed by atoms with E-state index in [9.17, 15) is 4.79 Å². The van der Waals surface area contributed by atoms with Crippen molar-refractivity contribution in [2.45, 2.75) is 0 Å². The fourth-order valence-corrected chi connectivity index (χ4v) is 2.73. The number of carbonyl (C=O) groups excluding carboxylic acids is 1. The molecule has 3 rings (SSSR count). The van der Waals surface area contributed by atoms with Gasteiger partial charge < -0.3 is 15.5 Å². The molecule has 0 spiro atoms. The minimum absolute atomic E-state index is 0.328. The Bertz CT molecular complexity index is 843. The van der Waals surface area contributed by atoms with Gasteiger partial charge in [0.15, 0.2) is 5.75 Å². The Morgan fingerprint density at radius 3 is 2.62 bits per heavy atom. The summed E-state index contributed by atoms with van der Waals surface area (Å²) < 4.78 is 7.13. The number of nitrogens with one attached hydrogen (secondary N) is 1. The molecule has 0 bridgehead atoms. The molecule has 0 aliphatic rings. The van der Waals surface area contributed by atoms with Gasteiger partial charge in [-0.3, -0.25) is 0 Å². The van der Waals surface area contributed by atoms with Crippen molar-refractivity contribution >= 4 is 54.4 Å². The van der Waals surface area contributed by atoms with Gasteiger partial charge in [-0.25, -0.2) is 4.79 Å². The van der Waals surface area contributed by atoms with Crippen molar-refractivity contribution in [1.29, 1.82) is 0 Å². The summed E-state index contributed by atoms with van der Waals surface area (Å²) in [5, 5.41) is 0.825. The molecule has 106 valence electrons. The summed E-state index contributed by atoms with van der Waals surface area (Å²) in [5.41, 5.74) is 7.42. The zero-order chi connectivity index (χ0) is 15.0. The maximum absolute atomic E-state index is 12.3. The maximum atomic E-state index is 12.3. The highest BCUT2D eigenvalue weighted by atomic mass is 79.9. The van der Waals surface area contributed by atoms with Gasteiger partial charge in [-0.05, 0) is 36.4 Å².